The van der Waals surface area contributed by atoms with Gasteiger partial charge in [0.15, 0.2) is 0 Å². The van der Waals surface area contributed by atoms with Crippen LogP contribution in [0.3, 0.4) is 0 Å². The van der Waals surface area contributed by atoms with Gasteiger partial charge in [0.1, 0.15) is 10.9 Å². The van der Waals surface area contributed by atoms with E-state index in [4.69, 9.17) is 28.9 Å². The maximum Gasteiger partial charge on any atom is 0.243 e. The Morgan fingerprint density at radius 3 is 2.27 bits per heavy atom. The summed E-state index contributed by atoms with van der Waals surface area (Å²) in [6.45, 7) is 0. The van der Waals surface area contributed by atoms with Crippen molar-refractivity contribution in [3.8, 4) is 0 Å². The van der Waals surface area contributed by atoms with Gasteiger partial charge in [0.25, 0.3) is 0 Å². The molecule has 0 fully saturated rings. The average molecular weight is 359 g/mol. The SMILES string of the molecule is NC(=O)C(NS(=O)(=O)c1cccc(Cl)c1Cl)c1ccccc1. The summed E-state index contributed by atoms with van der Waals surface area (Å²) in [6, 6.07) is 11.3. The second kappa shape index (κ2) is 6.66. The number of amides is 1. The number of rotatable bonds is 5. The van der Waals surface area contributed by atoms with Gasteiger partial charge in [-0.15, -0.1) is 0 Å². The quantitative estimate of drug-likeness (QED) is 0.860. The van der Waals surface area contributed by atoms with E-state index in [1.807, 2.05) is 0 Å². The standard InChI is InChI=1S/C14H12Cl2N2O3S/c15-10-7-4-8-11(12(10)16)22(20,21)18-13(14(17)19)9-5-2-1-3-6-9/h1-8,13,18H,(H2,17,19). The number of carbonyl (C=O) groups is 1. The zero-order valence-electron chi connectivity index (χ0n) is 11.2. The van der Waals surface area contributed by atoms with Gasteiger partial charge in [0.2, 0.25) is 15.9 Å². The highest BCUT2D eigenvalue weighted by Crippen LogP contribution is 2.29. The van der Waals surface area contributed by atoms with Crippen molar-refractivity contribution in [1.82, 2.24) is 4.72 Å². The largest absolute Gasteiger partial charge is 0.368 e. The fraction of sp³-hybridized carbons (Fsp3) is 0.0714. The second-order valence-corrected chi connectivity index (χ2v) is 6.89. The summed E-state index contributed by atoms with van der Waals surface area (Å²) in [6.07, 6.45) is 0. The lowest BCUT2D eigenvalue weighted by atomic mass is 10.1. The van der Waals surface area contributed by atoms with Gasteiger partial charge in [-0.1, -0.05) is 59.6 Å². The lowest BCUT2D eigenvalue weighted by Gasteiger charge is -2.17. The molecule has 0 bridgehead atoms. The Morgan fingerprint density at radius 2 is 1.68 bits per heavy atom. The number of nitrogens with one attached hydrogen (secondary N) is 1. The highest BCUT2D eigenvalue weighted by molar-refractivity contribution is 7.89. The highest BCUT2D eigenvalue weighted by Gasteiger charge is 2.27. The van der Waals surface area contributed by atoms with E-state index >= 15 is 0 Å². The Balaban J connectivity index is 2.42. The maximum absolute atomic E-state index is 12.4. The minimum absolute atomic E-state index is 0.0971. The summed E-state index contributed by atoms with van der Waals surface area (Å²) in [5.41, 5.74) is 5.72. The highest BCUT2D eigenvalue weighted by atomic mass is 35.5. The summed E-state index contributed by atoms with van der Waals surface area (Å²) in [7, 11) is -4.07. The van der Waals surface area contributed by atoms with E-state index < -0.39 is 22.0 Å². The van der Waals surface area contributed by atoms with Crippen molar-refractivity contribution >= 4 is 39.1 Å². The van der Waals surface area contributed by atoms with E-state index in [0.29, 0.717) is 5.56 Å². The van der Waals surface area contributed by atoms with E-state index in [1.54, 1.807) is 30.3 Å². The van der Waals surface area contributed by atoms with E-state index in [2.05, 4.69) is 4.72 Å². The molecular weight excluding hydrogens is 347 g/mol. The first-order chi connectivity index (χ1) is 10.3. The summed E-state index contributed by atoms with van der Waals surface area (Å²) in [5.74, 6) is -0.826. The van der Waals surface area contributed by atoms with Gasteiger partial charge in [0.05, 0.1) is 10.0 Å². The molecule has 0 aliphatic rings. The molecule has 0 aromatic heterocycles. The van der Waals surface area contributed by atoms with Crippen LogP contribution in [0.15, 0.2) is 53.4 Å². The Hall–Kier alpha value is -1.60. The van der Waals surface area contributed by atoms with Crippen LogP contribution in [0, 0.1) is 0 Å². The average Bonchev–Trinajstić information content (AvgIpc) is 2.48. The molecular formula is C14H12Cl2N2O3S. The third-order valence-corrected chi connectivity index (χ3v) is 5.29. The van der Waals surface area contributed by atoms with Gasteiger partial charge < -0.3 is 5.73 Å². The van der Waals surface area contributed by atoms with Crippen molar-refractivity contribution in [3.05, 3.63) is 64.1 Å². The molecule has 5 nitrogen and oxygen atoms in total. The molecule has 1 atom stereocenters. The molecule has 0 aliphatic heterocycles. The van der Waals surface area contributed by atoms with Crippen molar-refractivity contribution in [1.29, 1.82) is 0 Å². The Labute approximate surface area is 138 Å². The van der Waals surface area contributed by atoms with Gasteiger partial charge in [-0.25, -0.2) is 8.42 Å². The summed E-state index contributed by atoms with van der Waals surface area (Å²) >= 11 is 11.7. The molecule has 2 aromatic carbocycles. The Kier molecular flexibility index (Phi) is 5.08. The first-order valence-electron chi connectivity index (χ1n) is 6.13. The minimum atomic E-state index is -4.07. The van der Waals surface area contributed by atoms with Crippen molar-refractivity contribution in [3.63, 3.8) is 0 Å². The molecule has 3 N–H and O–H groups in total. The van der Waals surface area contributed by atoms with Crippen LogP contribution in [0.2, 0.25) is 10.0 Å². The molecule has 1 amide bonds. The Morgan fingerprint density at radius 1 is 1.05 bits per heavy atom. The second-order valence-electron chi connectivity index (χ2n) is 4.42. The van der Waals surface area contributed by atoms with Crippen LogP contribution in [0.25, 0.3) is 0 Å². The lowest BCUT2D eigenvalue weighted by Crippen LogP contribution is -2.37. The summed E-state index contributed by atoms with van der Waals surface area (Å²) in [4.78, 5) is 11.4. The number of hydrogen-bond donors (Lipinski definition) is 2. The molecule has 1 unspecified atom stereocenters. The molecule has 22 heavy (non-hydrogen) atoms. The molecule has 2 rings (SSSR count). The van der Waals surface area contributed by atoms with Crippen LogP contribution >= 0.6 is 23.2 Å². The summed E-state index contributed by atoms with van der Waals surface area (Å²) in [5, 5.41) is -0.0205. The molecule has 0 saturated carbocycles. The van der Waals surface area contributed by atoms with Gasteiger partial charge in [0, 0.05) is 0 Å². The molecule has 0 aliphatic carbocycles. The van der Waals surface area contributed by atoms with Crippen LogP contribution in [0.5, 0.6) is 0 Å². The van der Waals surface area contributed by atoms with Crippen LogP contribution in [0.4, 0.5) is 0 Å². The lowest BCUT2D eigenvalue weighted by molar-refractivity contribution is -0.119. The van der Waals surface area contributed by atoms with Gasteiger partial charge in [-0.2, -0.15) is 4.72 Å². The number of primary amides is 1. The van der Waals surface area contributed by atoms with Gasteiger partial charge in [-0.3, -0.25) is 4.79 Å². The third kappa shape index (κ3) is 3.59. The topological polar surface area (TPSA) is 89.3 Å². The van der Waals surface area contributed by atoms with Crippen LogP contribution in [-0.4, -0.2) is 14.3 Å². The fourth-order valence-electron chi connectivity index (χ4n) is 1.85. The van der Waals surface area contributed by atoms with Crippen LogP contribution in [-0.2, 0) is 14.8 Å². The smallest absolute Gasteiger partial charge is 0.243 e. The van der Waals surface area contributed by atoms with Crippen molar-refractivity contribution in [2.75, 3.05) is 0 Å². The first-order valence-corrected chi connectivity index (χ1v) is 8.37. The molecule has 0 heterocycles. The predicted octanol–water partition coefficient (Wildman–Crippen LogP) is 2.50. The van der Waals surface area contributed by atoms with Crippen molar-refractivity contribution in [2.45, 2.75) is 10.9 Å². The van der Waals surface area contributed by atoms with Crippen LogP contribution in [0.1, 0.15) is 11.6 Å². The minimum Gasteiger partial charge on any atom is -0.368 e. The normalized spacial score (nSPS) is 12.8. The van der Waals surface area contributed by atoms with Crippen LogP contribution < -0.4 is 10.5 Å². The molecule has 2 aromatic rings. The number of nitrogens with two attached hydrogens (primary N) is 1. The molecule has 116 valence electrons. The number of halogens is 2. The van der Waals surface area contributed by atoms with E-state index in [-0.39, 0.29) is 14.9 Å². The maximum atomic E-state index is 12.4. The molecule has 0 spiro atoms. The molecule has 8 heteroatoms. The van der Waals surface area contributed by atoms with Crippen molar-refractivity contribution < 1.29 is 13.2 Å². The summed E-state index contributed by atoms with van der Waals surface area (Å²) < 4.78 is 27.1. The van der Waals surface area contributed by atoms with E-state index in [0.717, 1.165) is 0 Å². The number of carbonyl (C=O) groups excluding carboxylic acids is 1. The Bertz CT molecular complexity index is 795. The predicted molar refractivity (Wildman–Crippen MR) is 85.2 cm³/mol. The van der Waals surface area contributed by atoms with Gasteiger partial charge in [-0.05, 0) is 17.7 Å². The third-order valence-electron chi connectivity index (χ3n) is 2.90. The molecule has 0 saturated heterocycles. The van der Waals surface area contributed by atoms with Gasteiger partial charge >= 0.3 is 0 Å². The zero-order valence-corrected chi connectivity index (χ0v) is 13.5. The fourth-order valence-corrected chi connectivity index (χ4v) is 3.80. The van der Waals surface area contributed by atoms with E-state index in [9.17, 15) is 13.2 Å². The monoisotopic (exact) mass is 358 g/mol. The number of hydrogen-bond acceptors (Lipinski definition) is 3. The van der Waals surface area contributed by atoms with E-state index in [1.165, 1.54) is 18.2 Å². The molecule has 0 radical (unpaired) electrons. The zero-order chi connectivity index (χ0) is 16.3. The first kappa shape index (κ1) is 16.8. The number of sulfonamides is 1. The van der Waals surface area contributed by atoms with Crippen molar-refractivity contribution in [2.24, 2.45) is 5.73 Å². The number of benzene rings is 2.